The van der Waals surface area contributed by atoms with Crippen LogP contribution < -0.4 is 10.1 Å². The van der Waals surface area contributed by atoms with Crippen molar-refractivity contribution in [3.05, 3.63) is 78.4 Å². The third kappa shape index (κ3) is 6.44. The van der Waals surface area contributed by atoms with E-state index in [4.69, 9.17) is 4.74 Å². The molecule has 154 valence electrons. The highest BCUT2D eigenvalue weighted by atomic mass is 16.5. The molecule has 1 heterocycles. The van der Waals surface area contributed by atoms with Gasteiger partial charge >= 0.3 is 0 Å². The Morgan fingerprint density at radius 3 is 2.59 bits per heavy atom. The van der Waals surface area contributed by atoms with E-state index in [1.165, 1.54) is 0 Å². The van der Waals surface area contributed by atoms with Crippen molar-refractivity contribution in [3.63, 3.8) is 0 Å². The molecule has 1 fully saturated rings. The van der Waals surface area contributed by atoms with E-state index in [1.807, 2.05) is 60.7 Å². The second kappa shape index (κ2) is 10.8. The lowest BCUT2D eigenvalue weighted by Gasteiger charge is -2.33. The Morgan fingerprint density at radius 1 is 1.17 bits per heavy atom. The molecular formula is C24H30N2O3. The Kier molecular flexibility index (Phi) is 7.85. The molecule has 0 unspecified atom stereocenters. The molecule has 3 rings (SSSR count). The van der Waals surface area contributed by atoms with E-state index in [9.17, 15) is 9.90 Å². The molecule has 0 aliphatic carbocycles. The van der Waals surface area contributed by atoms with Crippen LogP contribution in [0.5, 0.6) is 5.75 Å². The number of hydrogen-bond donors (Lipinski definition) is 2. The Hall–Kier alpha value is -2.63. The second-order valence-electron chi connectivity index (χ2n) is 7.48. The SMILES string of the molecule is C=CCc1ccccc1OC[C@@H](O)CN1CCC(NC(=O)c2ccccc2)CC1. The predicted octanol–water partition coefficient (Wildman–Crippen LogP) is 3.05. The third-order valence-corrected chi connectivity index (χ3v) is 5.20. The maximum Gasteiger partial charge on any atom is 0.251 e. The van der Waals surface area contributed by atoms with Crippen LogP contribution in [0.4, 0.5) is 0 Å². The summed E-state index contributed by atoms with van der Waals surface area (Å²) in [6.07, 6.45) is 3.80. The number of amides is 1. The smallest absolute Gasteiger partial charge is 0.251 e. The fourth-order valence-corrected chi connectivity index (χ4v) is 3.62. The molecule has 0 radical (unpaired) electrons. The van der Waals surface area contributed by atoms with Crippen LogP contribution in [0, 0.1) is 0 Å². The van der Waals surface area contributed by atoms with Gasteiger partial charge in [0.25, 0.3) is 5.91 Å². The van der Waals surface area contributed by atoms with Crippen LogP contribution >= 0.6 is 0 Å². The fraction of sp³-hybridized carbons (Fsp3) is 0.375. The van der Waals surface area contributed by atoms with E-state index in [0.29, 0.717) is 12.1 Å². The van der Waals surface area contributed by atoms with Crippen molar-refractivity contribution in [2.24, 2.45) is 0 Å². The van der Waals surface area contributed by atoms with Gasteiger partial charge in [0.1, 0.15) is 18.5 Å². The third-order valence-electron chi connectivity index (χ3n) is 5.20. The number of β-amino-alcohol motifs (C(OH)–C–C–N with tert-alkyl or cyclic N) is 1. The van der Waals surface area contributed by atoms with Gasteiger partial charge in [0.15, 0.2) is 0 Å². The first-order valence-corrected chi connectivity index (χ1v) is 10.2. The molecule has 1 atom stereocenters. The zero-order chi connectivity index (χ0) is 20.5. The van der Waals surface area contributed by atoms with Crippen LogP contribution in [-0.2, 0) is 6.42 Å². The average molecular weight is 395 g/mol. The minimum absolute atomic E-state index is 0.0179. The normalized spacial score (nSPS) is 16.2. The fourth-order valence-electron chi connectivity index (χ4n) is 3.62. The highest BCUT2D eigenvalue weighted by Gasteiger charge is 2.22. The number of benzene rings is 2. The van der Waals surface area contributed by atoms with Gasteiger partial charge in [-0.05, 0) is 43.0 Å². The summed E-state index contributed by atoms with van der Waals surface area (Å²) in [6, 6.07) is 17.3. The number of aliphatic hydroxyl groups excluding tert-OH is 1. The van der Waals surface area contributed by atoms with Crippen LogP contribution in [0.2, 0.25) is 0 Å². The highest BCUT2D eigenvalue weighted by Crippen LogP contribution is 2.19. The topological polar surface area (TPSA) is 61.8 Å². The number of carbonyl (C=O) groups is 1. The number of nitrogens with one attached hydrogen (secondary N) is 1. The number of para-hydroxylation sites is 1. The average Bonchev–Trinajstić information content (AvgIpc) is 2.75. The second-order valence-corrected chi connectivity index (χ2v) is 7.48. The molecule has 1 saturated heterocycles. The molecule has 1 aliphatic rings. The van der Waals surface area contributed by atoms with Crippen LogP contribution in [0.15, 0.2) is 67.3 Å². The minimum atomic E-state index is -0.553. The van der Waals surface area contributed by atoms with Gasteiger partial charge in [0.05, 0.1) is 0 Å². The number of nitrogens with zero attached hydrogens (tertiary/aromatic N) is 1. The standard InChI is InChI=1S/C24H30N2O3/c1-2-8-19-9-6-7-12-23(19)29-18-22(27)17-26-15-13-21(14-16-26)25-24(28)20-10-4-3-5-11-20/h2-7,9-12,21-22,27H,1,8,13-18H2,(H,25,28)/t22-/m0/s1. The van der Waals surface area contributed by atoms with Gasteiger partial charge in [0, 0.05) is 31.2 Å². The van der Waals surface area contributed by atoms with Gasteiger partial charge in [-0.15, -0.1) is 6.58 Å². The molecule has 29 heavy (non-hydrogen) atoms. The molecule has 1 aliphatic heterocycles. The molecule has 5 heteroatoms. The quantitative estimate of drug-likeness (QED) is 0.642. The number of aliphatic hydroxyl groups is 1. The number of likely N-dealkylation sites (tertiary alicyclic amines) is 1. The number of rotatable bonds is 9. The Balaban J connectivity index is 1.39. The van der Waals surface area contributed by atoms with Crippen molar-refractivity contribution >= 4 is 5.91 Å². The Morgan fingerprint density at radius 2 is 1.86 bits per heavy atom. The van der Waals surface area contributed by atoms with Crippen LogP contribution in [0.1, 0.15) is 28.8 Å². The lowest BCUT2D eigenvalue weighted by Crippen LogP contribution is -2.47. The van der Waals surface area contributed by atoms with Gasteiger partial charge in [-0.25, -0.2) is 0 Å². The van der Waals surface area contributed by atoms with E-state index < -0.39 is 6.10 Å². The lowest BCUT2D eigenvalue weighted by molar-refractivity contribution is 0.0565. The van der Waals surface area contributed by atoms with Crippen molar-refractivity contribution in [1.82, 2.24) is 10.2 Å². The van der Waals surface area contributed by atoms with Crippen molar-refractivity contribution in [1.29, 1.82) is 0 Å². The summed E-state index contributed by atoms with van der Waals surface area (Å²) in [5.41, 5.74) is 1.77. The zero-order valence-corrected chi connectivity index (χ0v) is 16.8. The minimum Gasteiger partial charge on any atom is -0.491 e. The highest BCUT2D eigenvalue weighted by molar-refractivity contribution is 5.94. The molecule has 1 amide bonds. The van der Waals surface area contributed by atoms with Crippen LogP contribution in [-0.4, -0.2) is 54.3 Å². The Bertz CT molecular complexity index is 786. The summed E-state index contributed by atoms with van der Waals surface area (Å²) in [6.45, 7) is 6.31. The summed E-state index contributed by atoms with van der Waals surface area (Å²) in [5, 5.41) is 13.5. The van der Waals surface area contributed by atoms with E-state index in [0.717, 1.165) is 43.7 Å². The first-order chi connectivity index (χ1) is 14.2. The van der Waals surface area contributed by atoms with Crippen LogP contribution in [0.3, 0.4) is 0 Å². The van der Waals surface area contributed by atoms with Gasteiger partial charge in [-0.2, -0.15) is 0 Å². The molecule has 0 aromatic heterocycles. The molecule has 0 spiro atoms. The van der Waals surface area contributed by atoms with E-state index in [1.54, 1.807) is 0 Å². The largest absolute Gasteiger partial charge is 0.491 e. The van der Waals surface area contributed by atoms with Gasteiger partial charge < -0.3 is 20.1 Å². The van der Waals surface area contributed by atoms with Crippen LogP contribution in [0.25, 0.3) is 0 Å². The van der Waals surface area contributed by atoms with Crippen molar-refractivity contribution in [3.8, 4) is 5.75 Å². The molecule has 0 bridgehead atoms. The van der Waals surface area contributed by atoms with Crippen molar-refractivity contribution < 1.29 is 14.6 Å². The van der Waals surface area contributed by atoms with Gasteiger partial charge in [-0.3, -0.25) is 4.79 Å². The van der Waals surface area contributed by atoms with E-state index >= 15 is 0 Å². The number of hydrogen-bond acceptors (Lipinski definition) is 4. The van der Waals surface area contributed by atoms with Crippen molar-refractivity contribution in [2.75, 3.05) is 26.2 Å². The number of allylic oxidation sites excluding steroid dienone is 1. The Labute approximate surface area is 173 Å². The van der Waals surface area contributed by atoms with Gasteiger partial charge in [0.2, 0.25) is 0 Å². The zero-order valence-electron chi connectivity index (χ0n) is 16.8. The number of piperidine rings is 1. The molecule has 2 aromatic rings. The molecular weight excluding hydrogens is 364 g/mol. The van der Waals surface area contributed by atoms with Gasteiger partial charge in [-0.1, -0.05) is 42.5 Å². The number of carbonyl (C=O) groups excluding carboxylic acids is 1. The van der Waals surface area contributed by atoms with E-state index in [-0.39, 0.29) is 18.6 Å². The lowest BCUT2D eigenvalue weighted by atomic mass is 10.0. The van der Waals surface area contributed by atoms with Crippen molar-refractivity contribution in [2.45, 2.75) is 31.4 Å². The maximum absolute atomic E-state index is 12.3. The molecule has 0 saturated carbocycles. The monoisotopic (exact) mass is 394 g/mol. The van der Waals surface area contributed by atoms with E-state index in [2.05, 4.69) is 16.8 Å². The maximum atomic E-state index is 12.3. The summed E-state index contributed by atoms with van der Waals surface area (Å²) in [4.78, 5) is 14.5. The first-order valence-electron chi connectivity index (χ1n) is 10.2. The molecule has 2 aromatic carbocycles. The molecule has 5 nitrogen and oxygen atoms in total. The number of ether oxygens (including phenoxy) is 1. The summed E-state index contributed by atoms with van der Waals surface area (Å²) < 4.78 is 5.83. The summed E-state index contributed by atoms with van der Waals surface area (Å²) in [5.74, 6) is 0.782. The summed E-state index contributed by atoms with van der Waals surface area (Å²) >= 11 is 0. The first kappa shape index (κ1) is 21.1. The molecule has 2 N–H and O–H groups in total. The summed E-state index contributed by atoms with van der Waals surface area (Å²) in [7, 11) is 0. The predicted molar refractivity (Wildman–Crippen MR) is 115 cm³/mol.